The fourth-order valence-corrected chi connectivity index (χ4v) is 1.72. The Morgan fingerprint density at radius 2 is 2.06 bits per heavy atom. The van der Waals surface area contributed by atoms with Gasteiger partial charge in [-0.15, -0.1) is 0 Å². The van der Waals surface area contributed by atoms with Crippen LogP contribution in [0.25, 0.3) is 0 Å². The van der Waals surface area contributed by atoms with Crippen LogP contribution >= 0.6 is 0 Å². The monoisotopic (exact) mass is 244 g/mol. The number of amides is 1. The second kappa shape index (κ2) is 5.97. The van der Waals surface area contributed by atoms with Crippen molar-refractivity contribution < 1.29 is 4.79 Å². The number of nitrogens with one attached hydrogen (secondary N) is 1. The molecule has 0 fully saturated rings. The number of nitrogens with two attached hydrogens (primary N) is 1. The average Bonchev–Trinajstić information content (AvgIpc) is 2.89. The Morgan fingerprint density at radius 3 is 2.72 bits per heavy atom. The summed E-state index contributed by atoms with van der Waals surface area (Å²) >= 11 is 0. The first-order valence-corrected chi connectivity index (χ1v) is 5.80. The highest BCUT2D eigenvalue weighted by atomic mass is 16.2. The zero-order valence-electron chi connectivity index (χ0n) is 10.0. The minimum absolute atomic E-state index is 0.0643. The van der Waals surface area contributed by atoms with Crippen LogP contribution in [0.15, 0.2) is 42.7 Å². The van der Waals surface area contributed by atoms with Gasteiger partial charge in [0.2, 0.25) is 5.91 Å². The third-order valence-corrected chi connectivity index (χ3v) is 2.68. The van der Waals surface area contributed by atoms with E-state index in [1.54, 1.807) is 23.1 Å². The summed E-state index contributed by atoms with van der Waals surface area (Å²) in [4.78, 5) is 11.7. The molecule has 0 radical (unpaired) electrons. The molecule has 0 saturated carbocycles. The molecule has 18 heavy (non-hydrogen) atoms. The second-order valence-corrected chi connectivity index (χ2v) is 3.95. The molecule has 5 nitrogen and oxygen atoms in total. The van der Waals surface area contributed by atoms with Crippen molar-refractivity contribution in [3.63, 3.8) is 0 Å². The Hall–Kier alpha value is -2.14. The van der Waals surface area contributed by atoms with E-state index in [1.807, 2.05) is 24.3 Å². The number of carbonyl (C=O) groups excluding carboxylic acids is 1. The Kier molecular flexibility index (Phi) is 4.09. The van der Waals surface area contributed by atoms with Crippen LogP contribution in [0.5, 0.6) is 0 Å². The first-order chi connectivity index (χ1) is 8.79. The van der Waals surface area contributed by atoms with Gasteiger partial charge in [0.1, 0.15) is 6.54 Å². The predicted octanol–water partition coefficient (Wildman–Crippen LogP) is 0.658. The average molecular weight is 244 g/mol. The van der Waals surface area contributed by atoms with Crippen LogP contribution in [0.2, 0.25) is 0 Å². The van der Waals surface area contributed by atoms with Gasteiger partial charge in [-0.05, 0) is 17.2 Å². The Bertz CT molecular complexity index is 507. The maximum absolute atomic E-state index is 11.7. The van der Waals surface area contributed by atoms with Gasteiger partial charge in [-0.25, -0.2) is 0 Å². The van der Waals surface area contributed by atoms with Gasteiger partial charge in [0.25, 0.3) is 0 Å². The molecule has 2 aromatic rings. The Morgan fingerprint density at radius 1 is 1.28 bits per heavy atom. The lowest BCUT2D eigenvalue weighted by atomic mass is 10.1. The van der Waals surface area contributed by atoms with Crippen LogP contribution in [0.4, 0.5) is 0 Å². The molecule has 0 saturated heterocycles. The van der Waals surface area contributed by atoms with Gasteiger partial charge in [0.05, 0.1) is 0 Å². The summed E-state index contributed by atoms with van der Waals surface area (Å²) in [6, 6.07) is 9.60. The Labute approximate surface area is 106 Å². The number of benzene rings is 1. The first-order valence-electron chi connectivity index (χ1n) is 5.80. The van der Waals surface area contributed by atoms with E-state index in [2.05, 4.69) is 10.4 Å². The fraction of sp³-hybridized carbons (Fsp3) is 0.231. The third kappa shape index (κ3) is 3.18. The van der Waals surface area contributed by atoms with Gasteiger partial charge < -0.3 is 11.1 Å². The van der Waals surface area contributed by atoms with Gasteiger partial charge in [-0.2, -0.15) is 5.10 Å². The minimum Gasteiger partial charge on any atom is -0.350 e. The van der Waals surface area contributed by atoms with E-state index in [9.17, 15) is 4.79 Å². The third-order valence-electron chi connectivity index (χ3n) is 2.68. The fourth-order valence-electron chi connectivity index (χ4n) is 1.72. The van der Waals surface area contributed by atoms with Crippen molar-refractivity contribution in [3.05, 3.63) is 53.9 Å². The number of rotatable bonds is 5. The molecule has 0 spiro atoms. The lowest BCUT2D eigenvalue weighted by Gasteiger charge is -2.09. The molecule has 94 valence electrons. The molecule has 0 atom stereocenters. The van der Waals surface area contributed by atoms with Crippen LogP contribution in [0, 0.1) is 0 Å². The van der Waals surface area contributed by atoms with Crippen LogP contribution in [0.3, 0.4) is 0 Å². The lowest BCUT2D eigenvalue weighted by Crippen LogP contribution is -2.27. The highest BCUT2D eigenvalue weighted by Crippen LogP contribution is 2.07. The molecule has 1 aromatic carbocycles. The Balaban J connectivity index is 1.89. The standard InChI is InChI=1S/C13H16N4O/c14-8-11-4-1-2-5-12(11)9-15-13(18)10-17-7-3-6-16-17/h1-7H,8-10,14H2,(H,15,18). The van der Waals surface area contributed by atoms with Crippen molar-refractivity contribution in [2.24, 2.45) is 5.73 Å². The molecule has 0 aliphatic carbocycles. The smallest absolute Gasteiger partial charge is 0.241 e. The molecular formula is C13H16N4O. The van der Waals surface area contributed by atoms with Gasteiger partial charge in [-0.3, -0.25) is 9.48 Å². The topological polar surface area (TPSA) is 72.9 Å². The van der Waals surface area contributed by atoms with Crippen LogP contribution in [-0.4, -0.2) is 15.7 Å². The van der Waals surface area contributed by atoms with Gasteiger partial charge in [0, 0.05) is 25.5 Å². The number of hydrogen-bond donors (Lipinski definition) is 2. The molecule has 1 aromatic heterocycles. The number of aromatic nitrogens is 2. The predicted molar refractivity (Wildman–Crippen MR) is 68.4 cm³/mol. The van der Waals surface area contributed by atoms with Crippen LogP contribution in [0.1, 0.15) is 11.1 Å². The SMILES string of the molecule is NCc1ccccc1CNC(=O)Cn1cccn1. The number of nitrogens with zero attached hydrogens (tertiary/aromatic N) is 2. The zero-order chi connectivity index (χ0) is 12.8. The van der Waals surface area contributed by atoms with E-state index in [0.29, 0.717) is 13.1 Å². The first kappa shape index (κ1) is 12.3. The van der Waals surface area contributed by atoms with E-state index in [-0.39, 0.29) is 12.5 Å². The molecule has 0 aliphatic heterocycles. The van der Waals surface area contributed by atoms with Crippen molar-refractivity contribution in [1.82, 2.24) is 15.1 Å². The molecule has 0 bridgehead atoms. The number of carbonyl (C=O) groups is 1. The molecule has 0 aliphatic rings. The van der Waals surface area contributed by atoms with E-state index in [0.717, 1.165) is 11.1 Å². The summed E-state index contributed by atoms with van der Waals surface area (Å²) < 4.78 is 1.59. The van der Waals surface area contributed by atoms with Crippen LogP contribution in [-0.2, 0) is 24.4 Å². The van der Waals surface area contributed by atoms with Gasteiger partial charge in [0.15, 0.2) is 0 Å². The second-order valence-electron chi connectivity index (χ2n) is 3.95. The van der Waals surface area contributed by atoms with Gasteiger partial charge in [-0.1, -0.05) is 24.3 Å². The number of hydrogen-bond acceptors (Lipinski definition) is 3. The van der Waals surface area contributed by atoms with E-state index >= 15 is 0 Å². The van der Waals surface area contributed by atoms with Crippen molar-refractivity contribution in [1.29, 1.82) is 0 Å². The maximum atomic E-state index is 11.7. The highest BCUT2D eigenvalue weighted by Gasteiger charge is 2.04. The lowest BCUT2D eigenvalue weighted by molar-refractivity contribution is -0.122. The van der Waals surface area contributed by atoms with Crippen molar-refractivity contribution >= 4 is 5.91 Å². The highest BCUT2D eigenvalue weighted by molar-refractivity contribution is 5.75. The van der Waals surface area contributed by atoms with Crippen molar-refractivity contribution in [2.45, 2.75) is 19.6 Å². The molecule has 0 unspecified atom stereocenters. The van der Waals surface area contributed by atoms with Crippen molar-refractivity contribution in [2.75, 3.05) is 0 Å². The summed E-state index contributed by atoms with van der Waals surface area (Å²) in [6.45, 7) is 1.20. The summed E-state index contributed by atoms with van der Waals surface area (Å²) in [5.74, 6) is -0.0643. The molecule has 2 rings (SSSR count). The maximum Gasteiger partial charge on any atom is 0.241 e. The summed E-state index contributed by atoms with van der Waals surface area (Å²) in [5, 5.41) is 6.84. The van der Waals surface area contributed by atoms with Crippen LogP contribution < -0.4 is 11.1 Å². The largest absolute Gasteiger partial charge is 0.350 e. The normalized spacial score (nSPS) is 10.3. The van der Waals surface area contributed by atoms with E-state index in [1.165, 1.54) is 0 Å². The van der Waals surface area contributed by atoms with E-state index < -0.39 is 0 Å². The summed E-state index contributed by atoms with van der Waals surface area (Å²) in [6.07, 6.45) is 3.41. The molecule has 1 amide bonds. The van der Waals surface area contributed by atoms with Gasteiger partial charge >= 0.3 is 0 Å². The van der Waals surface area contributed by atoms with Crippen molar-refractivity contribution in [3.8, 4) is 0 Å². The zero-order valence-corrected chi connectivity index (χ0v) is 10.0. The van der Waals surface area contributed by atoms with E-state index in [4.69, 9.17) is 5.73 Å². The molecule has 3 N–H and O–H groups in total. The quantitative estimate of drug-likeness (QED) is 0.811. The molecular weight excluding hydrogens is 228 g/mol. The molecule has 5 heteroatoms. The molecule has 1 heterocycles. The summed E-state index contributed by atoms with van der Waals surface area (Å²) in [5.41, 5.74) is 7.74. The summed E-state index contributed by atoms with van der Waals surface area (Å²) in [7, 11) is 0. The minimum atomic E-state index is -0.0643.